The molecule has 2 aliphatic carbocycles. The summed E-state index contributed by atoms with van der Waals surface area (Å²) in [7, 11) is 0. The molecular formula is C67H54N2. The van der Waals surface area contributed by atoms with E-state index in [1.165, 1.54) is 126 Å². The second-order valence-corrected chi connectivity index (χ2v) is 19.8. The predicted octanol–water partition coefficient (Wildman–Crippen LogP) is 18.8. The average Bonchev–Trinajstić information content (AvgIpc) is 3.87. The normalized spacial score (nSPS) is 14.3. The van der Waals surface area contributed by atoms with Crippen LogP contribution < -0.4 is 4.90 Å². The van der Waals surface area contributed by atoms with Crippen LogP contribution in [0.25, 0.3) is 82.8 Å². The lowest BCUT2D eigenvalue weighted by Crippen LogP contribution is -2.15. The molecule has 332 valence electrons. The largest absolute Gasteiger partial charge is 0.309 e. The van der Waals surface area contributed by atoms with Crippen LogP contribution in [-0.4, -0.2) is 4.57 Å². The zero-order valence-corrected chi connectivity index (χ0v) is 39.4. The van der Waals surface area contributed by atoms with Gasteiger partial charge < -0.3 is 9.47 Å². The van der Waals surface area contributed by atoms with E-state index in [1.807, 2.05) is 0 Å². The molecule has 2 nitrogen and oxygen atoms in total. The van der Waals surface area contributed by atoms with Crippen LogP contribution in [0.5, 0.6) is 0 Å². The predicted molar refractivity (Wildman–Crippen MR) is 293 cm³/mol. The van der Waals surface area contributed by atoms with Crippen LogP contribution >= 0.6 is 0 Å². The molecule has 0 radical (unpaired) electrons. The fraction of sp³-hybridized carbons (Fsp3) is 0.134. The van der Waals surface area contributed by atoms with Crippen molar-refractivity contribution < 1.29 is 0 Å². The van der Waals surface area contributed by atoms with Gasteiger partial charge in [0.25, 0.3) is 0 Å². The lowest BCUT2D eigenvalue weighted by molar-refractivity contribution is 0.445. The quantitative estimate of drug-likeness (QED) is 0.148. The first kappa shape index (κ1) is 41.3. The molecule has 1 saturated carbocycles. The summed E-state index contributed by atoms with van der Waals surface area (Å²) >= 11 is 0. The number of nitrogens with zero attached hydrogens (tertiary/aromatic N) is 2. The molecule has 0 saturated heterocycles. The van der Waals surface area contributed by atoms with Crippen molar-refractivity contribution in [3.05, 3.63) is 241 Å². The molecule has 0 spiro atoms. The molecule has 69 heavy (non-hydrogen) atoms. The van der Waals surface area contributed by atoms with Crippen LogP contribution in [0, 0.1) is 0 Å². The Bertz CT molecular complexity index is 3750. The van der Waals surface area contributed by atoms with Crippen molar-refractivity contribution in [2.75, 3.05) is 4.90 Å². The Hall–Kier alpha value is -7.94. The molecule has 2 aliphatic rings. The lowest BCUT2D eigenvalue weighted by Gasteiger charge is -2.32. The molecular weight excluding hydrogens is 833 g/mol. The van der Waals surface area contributed by atoms with Crippen molar-refractivity contribution in [2.45, 2.75) is 57.3 Å². The van der Waals surface area contributed by atoms with Gasteiger partial charge in [-0.15, -0.1) is 0 Å². The fourth-order valence-electron chi connectivity index (χ4n) is 12.4. The van der Waals surface area contributed by atoms with E-state index in [-0.39, 0.29) is 5.41 Å². The first-order valence-electron chi connectivity index (χ1n) is 25.0. The van der Waals surface area contributed by atoms with Gasteiger partial charge >= 0.3 is 0 Å². The Morgan fingerprint density at radius 1 is 0.420 bits per heavy atom. The van der Waals surface area contributed by atoms with E-state index >= 15 is 0 Å². The van der Waals surface area contributed by atoms with Gasteiger partial charge in [0.1, 0.15) is 0 Å². The van der Waals surface area contributed by atoms with E-state index in [9.17, 15) is 0 Å². The summed E-state index contributed by atoms with van der Waals surface area (Å²) < 4.78 is 2.41. The highest BCUT2D eigenvalue weighted by Crippen LogP contribution is 2.55. The lowest BCUT2D eigenvalue weighted by atomic mass is 9.80. The molecule has 10 aromatic carbocycles. The minimum absolute atomic E-state index is 0.123. The first-order chi connectivity index (χ1) is 34.0. The Morgan fingerprint density at radius 2 is 0.971 bits per heavy atom. The summed E-state index contributed by atoms with van der Waals surface area (Å²) in [5, 5.41) is 5.18. The van der Waals surface area contributed by atoms with Gasteiger partial charge in [-0.25, -0.2) is 0 Å². The number of hydrogen-bond donors (Lipinski definition) is 0. The molecule has 1 heterocycles. The van der Waals surface area contributed by atoms with Crippen molar-refractivity contribution in [3.8, 4) is 50.2 Å². The molecule has 1 aromatic heterocycles. The number of rotatable bonds is 8. The van der Waals surface area contributed by atoms with Crippen LogP contribution in [0.1, 0.15) is 68.6 Å². The van der Waals surface area contributed by atoms with Gasteiger partial charge in [-0.3, -0.25) is 0 Å². The van der Waals surface area contributed by atoms with Crippen molar-refractivity contribution in [2.24, 2.45) is 0 Å². The third-order valence-electron chi connectivity index (χ3n) is 15.6. The maximum absolute atomic E-state index is 2.59. The van der Waals surface area contributed by atoms with Gasteiger partial charge in [0, 0.05) is 38.6 Å². The third kappa shape index (κ3) is 6.68. The van der Waals surface area contributed by atoms with Gasteiger partial charge in [0.05, 0.1) is 28.1 Å². The van der Waals surface area contributed by atoms with Crippen LogP contribution in [-0.2, 0) is 5.41 Å². The summed E-state index contributed by atoms with van der Waals surface area (Å²) in [6.07, 6.45) is 6.42. The van der Waals surface area contributed by atoms with E-state index in [4.69, 9.17) is 0 Å². The molecule has 13 rings (SSSR count). The van der Waals surface area contributed by atoms with Crippen molar-refractivity contribution in [3.63, 3.8) is 0 Å². The number of benzene rings is 10. The van der Waals surface area contributed by atoms with E-state index in [0.717, 1.165) is 22.7 Å². The van der Waals surface area contributed by atoms with E-state index in [2.05, 4.69) is 248 Å². The zero-order valence-electron chi connectivity index (χ0n) is 39.4. The second kappa shape index (κ2) is 16.7. The van der Waals surface area contributed by atoms with Crippen LogP contribution in [0.15, 0.2) is 224 Å². The second-order valence-electron chi connectivity index (χ2n) is 19.8. The van der Waals surface area contributed by atoms with Crippen molar-refractivity contribution in [1.29, 1.82) is 0 Å². The first-order valence-corrected chi connectivity index (χ1v) is 25.0. The summed E-state index contributed by atoms with van der Waals surface area (Å²) in [5.74, 6) is 0.559. The summed E-state index contributed by atoms with van der Waals surface area (Å²) in [4.78, 5) is 2.59. The third-order valence-corrected chi connectivity index (χ3v) is 15.6. The Labute approximate surface area is 405 Å². The number of anilines is 3. The average molecular weight is 887 g/mol. The molecule has 0 aliphatic heterocycles. The summed E-state index contributed by atoms with van der Waals surface area (Å²) in [6, 6.07) is 84.1. The molecule has 0 bridgehead atoms. The SMILES string of the molecule is CC1(C)c2ccccc2-c2c(-c3ccccc3N(c3ccccc3-c3ccc4c(c3)c3ccccc3n4-c3ccccc3)c3ccccc3-c3cccc4cccc(C5CCCCC5)c34)cccc21. The highest BCUT2D eigenvalue weighted by Gasteiger charge is 2.37. The monoisotopic (exact) mass is 886 g/mol. The highest BCUT2D eigenvalue weighted by atomic mass is 15.2. The highest BCUT2D eigenvalue weighted by molar-refractivity contribution is 6.12. The minimum atomic E-state index is -0.123. The molecule has 0 N–H and O–H groups in total. The van der Waals surface area contributed by atoms with E-state index < -0.39 is 0 Å². The minimum Gasteiger partial charge on any atom is -0.309 e. The standard InChI is InChI=1S/C67H54N2/c1-67(2)58-36-14-9-32-56(58)66-55(35-21-37-59(66)67)52-30-12-18-41-63(52)69(62-40-17-11-29-51(62)54-34-20-25-46-24-19-33-50(65(46)54)45-22-5-3-6-23-45)60-38-15-10-28-49(60)47-42-43-64-57(44-47)53-31-13-16-39-61(53)68(64)48-26-7-4-8-27-48/h4,7-21,24-45H,3,5-6,22-23H2,1-2H3. The van der Waals surface area contributed by atoms with Crippen molar-refractivity contribution in [1.82, 2.24) is 4.57 Å². The van der Waals surface area contributed by atoms with E-state index in [1.54, 1.807) is 0 Å². The zero-order chi connectivity index (χ0) is 46.1. The topological polar surface area (TPSA) is 8.17 Å². The summed E-state index contributed by atoms with van der Waals surface area (Å²) in [6.45, 7) is 4.76. The number of aromatic nitrogens is 1. The number of para-hydroxylation sites is 5. The molecule has 0 unspecified atom stereocenters. The molecule has 0 atom stereocenters. The molecule has 11 aromatic rings. The summed E-state index contributed by atoms with van der Waals surface area (Å²) in [5.41, 5.74) is 21.1. The van der Waals surface area contributed by atoms with Crippen LogP contribution in [0.2, 0.25) is 0 Å². The molecule has 0 amide bonds. The fourth-order valence-corrected chi connectivity index (χ4v) is 12.4. The number of fused-ring (bicyclic) bond motifs is 7. The smallest absolute Gasteiger partial charge is 0.0541 e. The Balaban J connectivity index is 1.08. The molecule has 1 fully saturated rings. The van der Waals surface area contributed by atoms with Crippen LogP contribution in [0.3, 0.4) is 0 Å². The molecule has 2 heteroatoms. The van der Waals surface area contributed by atoms with Gasteiger partial charge in [0.2, 0.25) is 0 Å². The number of hydrogen-bond acceptors (Lipinski definition) is 1. The van der Waals surface area contributed by atoms with Gasteiger partial charge in [-0.2, -0.15) is 0 Å². The van der Waals surface area contributed by atoms with Crippen molar-refractivity contribution >= 4 is 49.6 Å². The maximum Gasteiger partial charge on any atom is 0.0541 e. The van der Waals surface area contributed by atoms with Gasteiger partial charge in [-0.05, 0) is 123 Å². The van der Waals surface area contributed by atoms with E-state index in [0.29, 0.717) is 5.92 Å². The Morgan fingerprint density at radius 3 is 1.74 bits per heavy atom. The van der Waals surface area contributed by atoms with Crippen LogP contribution in [0.4, 0.5) is 17.1 Å². The Kier molecular flexibility index (Phi) is 9.98. The van der Waals surface area contributed by atoms with Gasteiger partial charge in [-0.1, -0.05) is 209 Å². The maximum atomic E-state index is 2.59. The van der Waals surface area contributed by atoms with Gasteiger partial charge in [0.15, 0.2) is 0 Å².